The first kappa shape index (κ1) is 23.6. The topological polar surface area (TPSA) is 20.2 Å². The van der Waals surface area contributed by atoms with Gasteiger partial charge in [-0.2, -0.15) is 0 Å². The molecule has 0 fully saturated rings. The summed E-state index contributed by atoms with van der Waals surface area (Å²) >= 11 is 0. The normalized spacial score (nSPS) is 13.4. The molecule has 3 aromatic rings. The van der Waals surface area contributed by atoms with Crippen LogP contribution in [0.2, 0.25) is 0 Å². The summed E-state index contributed by atoms with van der Waals surface area (Å²) in [5.41, 5.74) is 7.08. The van der Waals surface area contributed by atoms with Crippen molar-refractivity contribution in [1.29, 1.82) is 0 Å². The summed E-state index contributed by atoms with van der Waals surface area (Å²) in [5.74, 6) is 0.445. The minimum Gasteiger partial charge on any atom is -0.507 e. The van der Waals surface area contributed by atoms with E-state index in [1.165, 1.54) is 22.3 Å². The molecule has 0 spiro atoms. The summed E-state index contributed by atoms with van der Waals surface area (Å²) in [4.78, 5) is 0. The molecule has 0 bridgehead atoms. The Morgan fingerprint density at radius 3 is 1.62 bits per heavy atom. The molecule has 166 valence electrons. The Labute approximate surface area is 194 Å². The van der Waals surface area contributed by atoms with Crippen molar-refractivity contribution in [3.63, 3.8) is 0 Å². The Morgan fingerprint density at radius 1 is 0.688 bits per heavy atom. The molecular weight excluding hydrogens is 388 g/mol. The molecule has 0 amide bonds. The highest BCUT2D eigenvalue weighted by Crippen LogP contribution is 2.41. The smallest absolute Gasteiger partial charge is 0.126 e. The molecule has 0 saturated heterocycles. The lowest BCUT2D eigenvalue weighted by Gasteiger charge is -2.27. The van der Waals surface area contributed by atoms with Crippen molar-refractivity contribution in [3.05, 3.63) is 108 Å². The number of hydrogen-bond donors (Lipinski definition) is 1. The second-order valence-corrected chi connectivity index (χ2v) is 10.5. The van der Waals surface area contributed by atoms with Gasteiger partial charge in [-0.1, -0.05) is 127 Å². The molecule has 0 radical (unpaired) electrons. The Hall–Kier alpha value is -3.06. The van der Waals surface area contributed by atoms with E-state index in [2.05, 4.69) is 120 Å². The van der Waals surface area contributed by atoms with Gasteiger partial charge in [0.25, 0.3) is 0 Å². The van der Waals surface area contributed by atoms with Crippen molar-refractivity contribution in [2.45, 2.75) is 58.8 Å². The highest BCUT2D eigenvalue weighted by Gasteiger charge is 2.25. The first-order valence-electron chi connectivity index (χ1n) is 11.4. The summed E-state index contributed by atoms with van der Waals surface area (Å²) < 4.78 is 0. The van der Waals surface area contributed by atoms with Crippen molar-refractivity contribution in [1.82, 2.24) is 0 Å². The highest BCUT2D eigenvalue weighted by molar-refractivity contribution is 5.76. The van der Waals surface area contributed by atoms with Crippen LogP contribution in [0.1, 0.15) is 64.7 Å². The standard InChI is InChI=1S/C19H26O.C12H10/c1-18(2,3)14-11-15(13-9-7-8-10-13)17(20)16(12-14)19(4,5)6;1-3-7-11(8-4-1)12-9-5-2-6-10-12/h7-9,11-12,20H,10H2,1-6H3;1-10H. The summed E-state index contributed by atoms with van der Waals surface area (Å²) in [6.07, 6.45) is 7.21. The Morgan fingerprint density at radius 2 is 1.22 bits per heavy atom. The quantitative estimate of drug-likeness (QED) is 0.436. The minimum atomic E-state index is -0.0628. The number of phenols is 1. The summed E-state index contributed by atoms with van der Waals surface area (Å²) in [6, 6.07) is 25.1. The Balaban J connectivity index is 0.000000204. The van der Waals surface area contributed by atoms with Gasteiger partial charge < -0.3 is 5.11 Å². The van der Waals surface area contributed by atoms with Gasteiger partial charge in [-0.25, -0.2) is 0 Å². The van der Waals surface area contributed by atoms with Crippen LogP contribution in [0.4, 0.5) is 0 Å². The molecule has 3 aromatic carbocycles. The van der Waals surface area contributed by atoms with Crippen LogP contribution in [0.5, 0.6) is 5.75 Å². The zero-order valence-electron chi connectivity index (χ0n) is 20.3. The van der Waals surface area contributed by atoms with Gasteiger partial charge in [0, 0.05) is 11.1 Å². The first-order chi connectivity index (χ1) is 15.1. The first-order valence-corrected chi connectivity index (χ1v) is 11.4. The van der Waals surface area contributed by atoms with Crippen LogP contribution >= 0.6 is 0 Å². The van der Waals surface area contributed by atoms with E-state index in [9.17, 15) is 5.11 Å². The average molecular weight is 425 g/mol. The van der Waals surface area contributed by atoms with E-state index in [4.69, 9.17) is 0 Å². The largest absolute Gasteiger partial charge is 0.507 e. The van der Waals surface area contributed by atoms with Crippen LogP contribution in [0.15, 0.2) is 91.0 Å². The van der Waals surface area contributed by atoms with Crippen LogP contribution in [0.3, 0.4) is 0 Å². The third kappa shape index (κ3) is 5.79. The van der Waals surface area contributed by atoms with Crippen LogP contribution in [-0.2, 0) is 10.8 Å². The molecule has 0 saturated carbocycles. The number of phenolic OH excluding ortho intramolecular Hbond substituents is 1. The molecule has 1 heteroatoms. The van der Waals surface area contributed by atoms with Crippen LogP contribution in [0, 0.1) is 0 Å². The number of allylic oxidation sites excluding steroid dienone is 4. The number of benzene rings is 3. The van der Waals surface area contributed by atoms with Crippen LogP contribution in [-0.4, -0.2) is 5.11 Å². The van der Waals surface area contributed by atoms with E-state index in [-0.39, 0.29) is 10.8 Å². The van der Waals surface area contributed by atoms with Gasteiger partial charge in [0.15, 0.2) is 0 Å². The molecule has 1 aliphatic rings. The van der Waals surface area contributed by atoms with Crippen LogP contribution in [0.25, 0.3) is 16.7 Å². The summed E-state index contributed by atoms with van der Waals surface area (Å²) in [6.45, 7) is 13.1. The average Bonchev–Trinajstić information content (AvgIpc) is 3.29. The zero-order chi connectivity index (χ0) is 23.4. The Kier molecular flexibility index (Phi) is 7.09. The van der Waals surface area contributed by atoms with Gasteiger partial charge in [0.2, 0.25) is 0 Å². The molecule has 4 rings (SSSR count). The van der Waals surface area contributed by atoms with Crippen molar-refractivity contribution < 1.29 is 5.11 Å². The van der Waals surface area contributed by atoms with E-state index in [0.29, 0.717) is 5.75 Å². The number of rotatable bonds is 2. The van der Waals surface area contributed by atoms with Gasteiger partial charge >= 0.3 is 0 Å². The SMILES string of the molecule is CC(C)(C)c1cc(C2=CC=CC2)c(O)c(C(C)(C)C)c1.c1ccc(-c2ccccc2)cc1. The molecule has 0 atom stereocenters. The predicted molar refractivity (Wildman–Crippen MR) is 139 cm³/mol. The summed E-state index contributed by atoms with van der Waals surface area (Å²) in [7, 11) is 0. The molecule has 0 aliphatic heterocycles. The lowest BCUT2D eigenvalue weighted by Crippen LogP contribution is -2.17. The number of aromatic hydroxyl groups is 1. The van der Waals surface area contributed by atoms with Gasteiger partial charge in [-0.15, -0.1) is 0 Å². The van der Waals surface area contributed by atoms with Crippen molar-refractivity contribution in [2.75, 3.05) is 0 Å². The van der Waals surface area contributed by atoms with E-state index in [1.807, 2.05) is 12.1 Å². The fourth-order valence-corrected chi connectivity index (χ4v) is 3.79. The van der Waals surface area contributed by atoms with Crippen LogP contribution < -0.4 is 0 Å². The predicted octanol–water partition coefficient (Wildman–Crippen LogP) is 8.68. The second kappa shape index (κ2) is 9.61. The molecule has 1 nitrogen and oxygen atoms in total. The molecule has 0 aromatic heterocycles. The molecular formula is C31H36O. The second-order valence-electron chi connectivity index (χ2n) is 10.5. The maximum Gasteiger partial charge on any atom is 0.126 e. The maximum atomic E-state index is 10.7. The van der Waals surface area contributed by atoms with E-state index >= 15 is 0 Å². The van der Waals surface area contributed by atoms with E-state index in [1.54, 1.807) is 0 Å². The van der Waals surface area contributed by atoms with Gasteiger partial charge in [0.1, 0.15) is 5.75 Å². The van der Waals surface area contributed by atoms with Gasteiger partial charge in [0.05, 0.1) is 0 Å². The maximum absolute atomic E-state index is 10.7. The van der Waals surface area contributed by atoms with Crippen molar-refractivity contribution >= 4 is 5.57 Å². The molecule has 1 N–H and O–H groups in total. The van der Waals surface area contributed by atoms with Gasteiger partial charge in [-0.05, 0) is 45.6 Å². The molecule has 1 aliphatic carbocycles. The Bertz CT molecular complexity index is 1050. The number of hydrogen-bond acceptors (Lipinski definition) is 1. The van der Waals surface area contributed by atoms with Crippen molar-refractivity contribution in [2.24, 2.45) is 0 Å². The lowest BCUT2D eigenvalue weighted by molar-refractivity contribution is 0.443. The fraction of sp³-hybridized carbons (Fsp3) is 0.290. The fourth-order valence-electron chi connectivity index (χ4n) is 3.79. The third-order valence-electron chi connectivity index (χ3n) is 5.78. The van der Waals surface area contributed by atoms with E-state index in [0.717, 1.165) is 17.5 Å². The molecule has 32 heavy (non-hydrogen) atoms. The molecule has 0 unspecified atom stereocenters. The van der Waals surface area contributed by atoms with E-state index < -0.39 is 0 Å². The highest BCUT2D eigenvalue weighted by atomic mass is 16.3. The van der Waals surface area contributed by atoms with Crippen molar-refractivity contribution in [3.8, 4) is 16.9 Å². The van der Waals surface area contributed by atoms with Gasteiger partial charge in [-0.3, -0.25) is 0 Å². The zero-order valence-corrected chi connectivity index (χ0v) is 20.3. The lowest BCUT2D eigenvalue weighted by atomic mass is 9.78. The summed E-state index contributed by atoms with van der Waals surface area (Å²) in [5, 5.41) is 10.7. The third-order valence-corrected chi connectivity index (χ3v) is 5.78. The monoisotopic (exact) mass is 424 g/mol. The minimum absolute atomic E-state index is 0.0628. The molecule has 0 heterocycles.